The molecule has 0 saturated heterocycles. The van der Waals surface area contributed by atoms with Gasteiger partial charge in [0.25, 0.3) is 0 Å². The van der Waals surface area contributed by atoms with Crippen LogP contribution >= 0.6 is 0 Å². The number of nitrogens with one attached hydrogen (secondary N) is 1. The van der Waals surface area contributed by atoms with Crippen molar-refractivity contribution in [2.45, 2.75) is 20.3 Å². The zero-order valence-corrected chi connectivity index (χ0v) is 13.4. The lowest BCUT2D eigenvalue weighted by atomic mass is 10.3. The average Bonchev–Trinajstić information content (AvgIpc) is 2.48. The summed E-state index contributed by atoms with van der Waals surface area (Å²) in [5, 5.41) is 2.77. The maximum atomic E-state index is 12.0. The number of carbonyl (C=O) groups is 2. The summed E-state index contributed by atoms with van der Waals surface area (Å²) in [6.45, 7) is 5.06. The summed E-state index contributed by atoms with van der Waals surface area (Å²) >= 11 is 0. The molecule has 0 spiro atoms. The third-order valence-electron chi connectivity index (χ3n) is 3.01. The van der Waals surface area contributed by atoms with E-state index in [9.17, 15) is 9.59 Å². The van der Waals surface area contributed by atoms with E-state index in [1.807, 2.05) is 6.92 Å². The van der Waals surface area contributed by atoms with Crippen LogP contribution in [0.5, 0.6) is 5.75 Å². The van der Waals surface area contributed by atoms with Crippen LogP contribution in [0.1, 0.15) is 20.3 Å². The van der Waals surface area contributed by atoms with Crippen LogP contribution in [0.25, 0.3) is 0 Å². The van der Waals surface area contributed by atoms with E-state index in [1.54, 1.807) is 31.4 Å². The van der Waals surface area contributed by atoms with Gasteiger partial charge >= 0.3 is 0 Å². The summed E-state index contributed by atoms with van der Waals surface area (Å²) in [7, 11) is 1.61. The summed E-state index contributed by atoms with van der Waals surface area (Å²) in [6, 6.07) is 7.12. The molecule has 0 bridgehead atoms. The largest absolute Gasteiger partial charge is 0.494 e. The van der Waals surface area contributed by atoms with Crippen molar-refractivity contribution in [2.24, 2.45) is 0 Å². The third kappa shape index (κ3) is 6.58. The van der Waals surface area contributed by atoms with Crippen molar-refractivity contribution in [3.63, 3.8) is 0 Å². The Hall–Kier alpha value is -2.08. The number of hydrogen-bond acceptors (Lipinski definition) is 4. The van der Waals surface area contributed by atoms with E-state index in [0.29, 0.717) is 31.9 Å². The zero-order chi connectivity index (χ0) is 16.4. The lowest BCUT2D eigenvalue weighted by Crippen LogP contribution is -2.37. The molecule has 0 aromatic heterocycles. The van der Waals surface area contributed by atoms with E-state index in [2.05, 4.69) is 5.32 Å². The molecule has 22 heavy (non-hydrogen) atoms. The molecule has 1 aromatic carbocycles. The summed E-state index contributed by atoms with van der Waals surface area (Å²) in [6.07, 6.45) is 0.701. The molecule has 0 aliphatic rings. The monoisotopic (exact) mass is 308 g/mol. The highest BCUT2D eigenvalue weighted by Crippen LogP contribution is 2.15. The molecule has 0 atom stereocenters. The van der Waals surface area contributed by atoms with Crippen molar-refractivity contribution in [3.05, 3.63) is 24.3 Å². The van der Waals surface area contributed by atoms with Crippen molar-refractivity contribution in [3.8, 4) is 5.75 Å². The van der Waals surface area contributed by atoms with Crippen molar-refractivity contribution in [1.29, 1.82) is 0 Å². The van der Waals surface area contributed by atoms with Gasteiger partial charge in [0.2, 0.25) is 11.8 Å². The molecule has 0 aliphatic heterocycles. The average molecular weight is 308 g/mol. The van der Waals surface area contributed by atoms with E-state index in [-0.39, 0.29) is 18.4 Å². The predicted molar refractivity (Wildman–Crippen MR) is 85.0 cm³/mol. The maximum absolute atomic E-state index is 12.0. The highest BCUT2D eigenvalue weighted by atomic mass is 16.5. The molecule has 6 heteroatoms. The fraction of sp³-hybridized carbons (Fsp3) is 0.500. The molecule has 0 unspecified atom stereocenters. The van der Waals surface area contributed by atoms with Crippen LogP contribution in [0.15, 0.2) is 24.3 Å². The number of benzene rings is 1. The van der Waals surface area contributed by atoms with E-state index in [1.165, 1.54) is 11.8 Å². The van der Waals surface area contributed by atoms with E-state index in [0.717, 1.165) is 5.75 Å². The van der Waals surface area contributed by atoms with Gasteiger partial charge in [-0.25, -0.2) is 0 Å². The summed E-state index contributed by atoms with van der Waals surface area (Å²) in [5.41, 5.74) is 0.675. The molecule has 0 fully saturated rings. The van der Waals surface area contributed by atoms with Gasteiger partial charge in [0.05, 0.1) is 13.2 Å². The van der Waals surface area contributed by atoms with Gasteiger partial charge in [0.1, 0.15) is 5.75 Å². The van der Waals surface area contributed by atoms with Crippen LogP contribution in [0.2, 0.25) is 0 Å². The van der Waals surface area contributed by atoms with E-state index in [4.69, 9.17) is 9.47 Å². The SMILES string of the molecule is CCOc1ccc(NC(=O)CN(CCCOC)C(C)=O)cc1. The number of methoxy groups -OCH3 is 1. The first kappa shape index (κ1) is 18.0. The Morgan fingerprint density at radius 2 is 1.91 bits per heavy atom. The Kier molecular flexibility index (Phi) is 7.99. The smallest absolute Gasteiger partial charge is 0.243 e. The first-order valence-corrected chi connectivity index (χ1v) is 7.34. The Morgan fingerprint density at radius 1 is 1.23 bits per heavy atom. The second-order valence-electron chi connectivity index (χ2n) is 4.79. The summed E-state index contributed by atoms with van der Waals surface area (Å²) < 4.78 is 10.3. The highest BCUT2D eigenvalue weighted by Gasteiger charge is 2.13. The van der Waals surface area contributed by atoms with Gasteiger partial charge in [-0.2, -0.15) is 0 Å². The number of carbonyl (C=O) groups excluding carboxylic acids is 2. The van der Waals surface area contributed by atoms with E-state index >= 15 is 0 Å². The number of rotatable bonds is 9. The van der Waals surface area contributed by atoms with Gasteiger partial charge in [-0.3, -0.25) is 9.59 Å². The second kappa shape index (κ2) is 9.78. The van der Waals surface area contributed by atoms with Gasteiger partial charge < -0.3 is 19.7 Å². The molecule has 122 valence electrons. The number of ether oxygens (including phenoxy) is 2. The Balaban J connectivity index is 2.50. The van der Waals surface area contributed by atoms with Crippen LogP contribution in [-0.2, 0) is 14.3 Å². The number of anilines is 1. The number of nitrogens with zero attached hydrogens (tertiary/aromatic N) is 1. The lowest BCUT2D eigenvalue weighted by molar-refractivity contribution is -0.132. The van der Waals surface area contributed by atoms with Crippen LogP contribution in [0.3, 0.4) is 0 Å². The highest BCUT2D eigenvalue weighted by molar-refractivity contribution is 5.94. The molecule has 1 aromatic rings. The zero-order valence-electron chi connectivity index (χ0n) is 13.4. The molecule has 1 rings (SSSR count). The van der Waals surface area contributed by atoms with Crippen molar-refractivity contribution >= 4 is 17.5 Å². The summed E-state index contributed by atoms with van der Waals surface area (Å²) in [5.74, 6) is 0.403. The van der Waals surface area contributed by atoms with Crippen LogP contribution in [-0.4, -0.2) is 50.1 Å². The standard InChI is InChI=1S/C16H24N2O4/c1-4-22-15-8-6-14(7-9-15)17-16(20)12-18(13(2)19)10-5-11-21-3/h6-9H,4-5,10-12H2,1-3H3,(H,17,20). The molecule has 2 amide bonds. The Bertz CT molecular complexity index is 474. The first-order valence-electron chi connectivity index (χ1n) is 7.34. The summed E-state index contributed by atoms with van der Waals surface area (Å²) in [4.78, 5) is 25.0. The van der Waals surface area contributed by atoms with Gasteiger partial charge in [-0.15, -0.1) is 0 Å². The van der Waals surface area contributed by atoms with Crippen molar-refractivity contribution in [1.82, 2.24) is 4.90 Å². The van der Waals surface area contributed by atoms with Crippen LogP contribution < -0.4 is 10.1 Å². The quantitative estimate of drug-likeness (QED) is 0.708. The molecule has 6 nitrogen and oxygen atoms in total. The second-order valence-corrected chi connectivity index (χ2v) is 4.79. The van der Waals surface area contributed by atoms with Gasteiger partial charge in [-0.05, 0) is 37.6 Å². The van der Waals surface area contributed by atoms with Crippen LogP contribution in [0.4, 0.5) is 5.69 Å². The Labute approximate surface area is 131 Å². The minimum absolute atomic E-state index is 0.0340. The predicted octanol–water partition coefficient (Wildman–Crippen LogP) is 1.91. The van der Waals surface area contributed by atoms with Crippen molar-refractivity contribution < 1.29 is 19.1 Å². The van der Waals surface area contributed by atoms with Crippen LogP contribution in [0, 0.1) is 0 Å². The molecule has 1 N–H and O–H groups in total. The fourth-order valence-electron chi connectivity index (χ4n) is 1.92. The normalized spacial score (nSPS) is 10.1. The minimum Gasteiger partial charge on any atom is -0.494 e. The van der Waals surface area contributed by atoms with E-state index < -0.39 is 0 Å². The minimum atomic E-state index is -0.225. The molecular weight excluding hydrogens is 284 g/mol. The number of amides is 2. The fourth-order valence-corrected chi connectivity index (χ4v) is 1.92. The van der Waals surface area contributed by atoms with Gasteiger partial charge in [-0.1, -0.05) is 0 Å². The Morgan fingerprint density at radius 3 is 2.45 bits per heavy atom. The van der Waals surface area contributed by atoms with Crippen molar-refractivity contribution in [2.75, 3.05) is 38.7 Å². The molecule has 0 radical (unpaired) electrons. The molecule has 0 saturated carbocycles. The molecule has 0 aliphatic carbocycles. The third-order valence-corrected chi connectivity index (χ3v) is 3.01. The first-order chi connectivity index (χ1) is 10.6. The molecular formula is C16H24N2O4. The van der Waals surface area contributed by atoms with Gasteiger partial charge in [0.15, 0.2) is 0 Å². The number of hydrogen-bond donors (Lipinski definition) is 1. The topological polar surface area (TPSA) is 67.9 Å². The molecule has 0 heterocycles. The maximum Gasteiger partial charge on any atom is 0.243 e. The lowest BCUT2D eigenvalue weighted by Gasteiger charge is -2.20. The van der Waals surface area contributed by atoms with Gasteiger partial charge in [0, 0.05) is 32.9 Å².